The van der Waals surface area contributed by atoms with E-state index in [0.717, 1.165) is 76.7 Å². The fraction of sp³-hybridized carbons (Fsp3) is 0.839. The Kier molecular flexibility index (Phi) is 10.7. The highest BCUT2D eigenvalue weighted by Gasteiger charge is 2.36. The lowest BCUT2D eigenvalue weighted by atomic mass is 9.87. The first-order valence-electron chi connectivity index (χ1n) is 16.3. The van der Waals surface area contributed by atoms with Crippen LogP contribution in [-0.2, 0) is 4.79 Å². The predicted molar refractivity (Wildman–Crippen MR) is 159 cm³/mol. The van der Waals surface area contributed by atoms with Crippen molar-refractivity contribution in [3.63, 3.8) is 0 Å². The number of piperidine rings is 2. The summed E-state index contributed by atoms with van der Waals surface area (Å²) in [6.07, 6.45) is 19.1. The molecule has 2 N–H and O–H groups in total. The number of rotatable bonds is 9. The standard InChI is InChI=1S/C31H53N7O/c1-2-36-23-16-25(17-24-36)30(39)32-18-14-28-27(13-10-22-38(28)26-11-6-5-7-12-26)34-31-33-19-15-29(35-31)37-20-8-3-4-9-21-37/h15,19,25-28H,2-14,16-18,20-24H2,1H3,(H,32,39)(H,33,34,35). The van der Waals surface area contributed by atoms with Gasteiger partial charge in [-0.05, 0) is 90.0 Å². The monoisotopic (exact) mass is 539 g/mol. The largest absolute Gasteiger partial charge is 0.356 e. The van der Waals surface area contributed by atoms with Gasteiger partial charge in [-0.15, -0.1) is 0 Å². The number of carbonyl (C=O) groups excluding carboxylic acids is 1. The molecule has 3 aliphatic heterocycles. The van der Waals surface area contributed by atoms with E-state index in [1.165, 1.54) is 70.8 Å². The number of amides is 1. The summed E-state index contributed by atoms with van der Waals surface area (Å²) in [5.74, 6) is 2.28. The van der Waals surface area contributed by atoms with Gasteiger partial charge >= 0.3 is 0 Å². The third-order valence-corrected chi connectivity index (χ3v) is 9.90. The SMILES string of the molecule is CCN1CCC(C(=O)NCCC2C(Nc3nccc(N4CCCCCC4)n3)CCCN2C2CCCCC2)CC1. The lowest BCUT2D eigenvalue weighted by Crippen LogP contribution is -2.56. The normalized spacial score (nSPS) is 26.7. The Balaban J connectivity index is 1.23. The molecule has 5 rings (SSSR count). The predicted octanol–water partition coefficient (Wildman–Crippen LogP) is 4.67. The molecule has 4 heterocycles. The molecular weight excluding hydrogens is 486 g/mol. The lowest BCUT2D eigenvalue weighted by molar-refractivity contribution is -0.126. The summed E-state index contributed by atoms with van der Waals surface area (Å²) >= 11 is 0. The molecule has 2 atom stereocenters. The van der Waals surface area contributed by atoms with E-state index >= 15 is 0 Å². The highest BCUT2D eigenvalue weighted by Crippen LogP contribution is 2.31. The smallest absolute Gasteiger partial charge is 0.224 e. The number of aromatic nitrogens is 2. The van der Waals surface area contributed by atoms with Crippen LogP contribution >= 0.6 is 0 Å². The summed E-state index contributed by atoms with van der Waals surface area (Å²) in [6.45, 7) is 9.52. The second-order valence-electron chi connectivity index (χ2n) is 12.4. The van der Waals surface area contributed by atoms with Gasteiger partial charge in [-0.2, -0.15) is 4.98 Å². The Morgan fingerprint density at radius 2 is 1.64 bits per heavy atom. The van der Waals surface area contributed by atoms with Gasteiger partial charge in [-0.1, -0.05) is 39.0 Å². The maximum absolute atomic E-state index is 13.0. The molecule has 39 heavy (non-hydrogen) atoms. The minimum absolute atomic E-state index is 0.178. The van der Waals surface area contributed by atoms with E-state index in [0.29, 0.717) is 18.1 Å². The fourth-order valence-electron chi connectivity index (χ4n) is 7.54. The van der Waals surface area contributed by atoms with E-state index in [-0.39, 0.29) is 11.8 Å². The van der Waals surface area contributed by atoms with Crippen molar-refractivity contribution in [2.24, 2.45) is 5.92 Å². The summed E-state index contributed by atoms with van der Waals surface area (Å²) in [7, 11) is 0. The first-order chi connectivity index (χ1) is 19.2. The molecule has 1 amide bonds. The van der Waals surface area contributed by atoms with Crippen LogP contribution in [0.25, 0.3) is 0 Å². The van der Waals surface area contributed by atoms with E-state index in [1.54, 1.807) is 0 Å². The number of anilines is 2. The van der Waals surface area contributed by atoms with Crippen LogP contribution < -0.4 is 15.5 Å². The Morgan fingerprint density at radius 1 is 0.897 bits per heavy atom. The van der Waals surface area contributed by atoms with Crippen LogP contribution in [0.1, 0.15) is 96.8 Å². The molecule has 0 spiro atoms. The Morgan fingerprint density at radius 3 is 2.38 bits per heavy atom. The average Bonchev–Trinajstić information content (AvgIpc) is 3.28. The van der Waals surface area contributed by atoms with E-state index in [9.17, 15) is 4.79 Å². The van der Waals surface area contributed by atoms with Crippen molar-refractivity contribution in [3.8, 4) is 0 Å². The van der Waals surface area contributed by atoms with Gasteiger partial charge in [-0.3, -0.25) is 9.69 Å². The first kappa shape index (κ1) is 28.6. The third-order valence-electron chi connectivity index (χ3n) is 9.90. The highest BCUT2D eigenvalue weighted by molar-refractivity contribution is 5.78. The quantitative estimate of drug-likeness (QED) is 0.472. The second-order valence-corrected chi connectivity index (χ2v) is 12.4. The van der Waals surface area contributed by atoms with Crippen LogP contribution in [0.15, 0.2) is 12.3 Å². The van der Waals surface area contributed by atoms with Crippen LogP contribution in [0.3, 0.4) is 0 Å². The van der Waals surface area contributed by atoms with Gasteiger partial charge < -0.3 is 20.4 Å². The third kappa shape index (κ3) is 7.84. The Labute approximate surface area is 236 Å². The van der Waals surface area contributed by atoms with E-state index in [2.05, 4.69) is 43.3 Å². The summed E-state index contributed by atoms with van der Waals surface area (Å²) in [5, 5.41) is 7.15. The van der Waals surface area contributed by atoms with E-state index in [1.807, 2.05) is 6.20 Å². The molecule has 3 saturated heterocycles. The number of likely N-dealkylation sites (tertiary alicyclic amines) is 2. The molecule has 1 aromatic heterocycles. The van der Waals surface area contributed by atoms with Crippen molar-refractivity contribution in [3.05, 3.63) is 12.3 Å². The summed E-state index contributed by atoms with van der Waals surface area (Å²) in [5.41, 5.74) is 0. The zero-order valence-corrected chi connectivity index (χ0v) is 24.5. The van der Waals surface area contributed by atoms with Crippen LogP contribution in [0, 0.1) is 5.92 Å². The van der Waals surface area contributed by atoms with E-state index < -0.39 is 0 Å². The molecule has 8 nitrogen and oxygen atoms in total. The Bertz CT molecular complexity index is 875. The summed E-state index contributed by atoms with van der Waals surface area (Å²) in [6, 6.07) is 3.45. The van der Waals surface area contributed by atoms with Crippen LogP contribution in [0.4, 0.5) is 11.8 Å². The zero-order chi connectivity index (χ0) is 26.9. The molecule has 2 unspecified atom stereocenters. The van der Waals surface area contributed by atoms with E-state index in [4.69, 9.17) is 4.98 Å². The molecule has 8 heteroatoms. The Hall–Kier alpha value is -1.93. The molecule has 1 aromatic rings. The van der Waals surface area contributed by atoms with Crippen molar-refractivity contribution < 1.29 is 4.79 Å². The molecule has 0 aromatic carbocycles. The molecule has 1 saturated carbocycles. The molecule has 218 valence electrons. The van der Waals surface area contributed by atoms with Gasteiger partial charge in [0.1, 0.15) is 5.82 Å². The molecular formula is C31H53N7O. The zero-order valence-electron chi connectivity index (χ0n) is 24.5. The molecule has 0 radical (unpaired) electrons. The molecule has 4 aliphatic rings. The first-order valence-corrected chi connectivity index (χ1v) is 16.3. The minimum Gasteiger partial charge on any atom is -0.356 e. The average molecular weight is 540 g/mol. The maximum Gasteiger partial charge on any atom is 0.224 e. The van der Waals surface area contributed by atoms with Gasteiger partial charge in [0, 0.05) is 49.9 Å². The summed E-state index contributed by atoms with van der Waals surface area (Å²) < 4.78 is 0. The van der Waals surface area contributed by atoms with Crippen molar-refractivity contribution >= 4 is 17.7 Å². The van der Waals surface area contributed by atoms with Crippen LogP contribution in [0.2, 0.25) is 0 Å². The van der Waals surface area contributed by atoms with Crippen LogP contribution in [-0.4, -0.2) is 89.6 Å². The second kappa shape index (κ2) is 14.6. The molecule has 0 bridgehead atoms. The van der Waals surface area contributed by atoms with Gasteiger partial charge in [0.2, 0.25) is 11.9 Å². The van der Waals surface area contributed by atoms with Gasteiger partial charge in [0.05, 0.1) is 0 Å². The number of nitrogens with zero attached hydrogens (tertiary/aromatic N) is 5. The number of hydrogen-bond acceptors (Lipinski definition) is 7. The van der Waals surface area contributed by atoms with Crippen molar-refractivity contribution in [1.29, 1.82) is 0 Å². The summed E-state index contributed by atoms with van der Waals surface area (Å²) in [4.78, 5) is 30.4. The van der Waals surface area contributed by atoms with Gasteiger partial charge in [0.15, 0.2) is 0 Å². The minimum atomic E-state index is 0.178. The molecule has 4 fully saturated rings. The van der Waals surface area contributed by atoms with Crippen LogP contribution in [0.5, 0.6) is 0 Å². The highest BCUT2D eigenvalue weighted by atomic mass is 16.1. The van der Waals surface area contributed by atoms with Crippen molar-refractivity contribution in [1.82, 2.24) is 25.1 Å². The van der Waals surface area contributed by atoms with Gasteiger partial charge in [-0.25, -0.2) is 4.98 Å². The number of hydrogen-bond donors (Lipinski definition) is 2. The van der Waals surface area contributed by atoms with Crippen molar-refractivity contribution in [2.45, 2.75) is 115 Å². The lowest BCUT2D eigenvalue weighted by Gasteiger charge is -2.47. The maximum atomic E-state index is 13.0. The molecule has 1 aliphatic carbocycles. The fourth-order valence-corrected chi connectivity index (χ4v) is 7.54. The van der Waals surface area contributed by atoms with Gasteiger partial charge in [0.25, 0.3) is 0 Å². The topological polar surface area (TPSA) is 76.6 Å². The number of carbonyl (C=O) groups is 1. The van der Waals surface area contributed by atoms with Crippen molar-refractivity contribution in [2.75, 3.05) is 56.0 Å². The number of nitrogens with one attached hydrogen (secondary N) is 2.